The quantitative estimate of drug-likeness (QED) is 0.612. The number of rotatable bonds is 0. The Bertz CT molecular complexity index is 399. The number of nitrogens with one attached hydrogen (secondary N) is 1. The van der Waals surface area contributed by atoms with Crippen molar-refractivity contribution < 1.29 is 4.79 Å². The summed E-state index contributed by atoms with van der Waals surface area (Å²) in [6, 6.07) is 3.97. The van der Waals surface area contributed by atoms with Gasteiger partial charge < -0.3 is 11.1 Å². The Labute approximate surface area is 83.3 Å². The predicted molar refractivity (Wildman–Crippen MR) is 57.1 cm³/mol. The zero-order chi connectivity index (χ0) is 10.3. The lowest BCUT2D eigenvalue weighted by Gasteiger charge is -2.23. The average molecular weight is 190 g/mol. The van der Waals surface area contributed by atoms with E-state index in [0.717, 1.165) is 23.2 Å². The Balaban J connectivity index is 2.51. The minimum absolute atomic E-state index is 0.0451. The predicted octanol–water partition coefficient (Wildman–Crippen LogP) is 1.71. The van der Waals surface area contributed by atoms with Crippen molar-refractivity contribution in [3.05, 3.63) is 23.3 Å². The van der Waals surface area contributed by atoms with Gasteiger partial charge in [0.1, 0.15) is 0 Å². The maximum absolute atomic E-state index is 11.4. The molecule has 1 unspecified atom stereocenters. The van der Waals surface area contributed by atoms with Gasteiger partial charge in [0.15, 0.2) is 0 Å². The lowest BCUT2D eigenvalue weighted by molar-refractivity contribution is -0.119. The molecule has 1 atom stereocenters. The third kappa shape index (κ3) is 1.35. The molecule has 1 aromatic rings. The zero-order valence-electron chi connectivity index (χ0n) is 8.42. The molecule has 0 saturated carbocycles. The van der Waals surface area contributed by atoms with Gasteiger partial charge in [0.05, 0.1) is 11.4 Å². The van der Waals surface area contributed by atoms with Crippen LogP contribution in [0.3, 0.4) is 0 Å². The van der Waals surface area contributed by atoms with E-state index in [1.807, 2.05) is 19.9 Å². The summed E-state index contributed by atoms with van der Waals surface area (Å²) in [6.45, 7) is 3.94. The van der Waals surface area contributed by atoms with E-state index in [-0.39, 0.29) is 11.8 Å². The van der Waals surface area contributed by atoms with E-state index in [0.29, 0.717) is 5.69 Å². The molecular weight excluding hydrogens is 176 g/mol. The first-order valence-corrected chi connectivity index (χ1v) is 4.78. The lowest BCUT2D eigenvalue weighted by Crippen LogP contribution is -2.28. The molecule has 1 aliphatic rings. The Morgan fingerprint density at radius 3 is 2.93 bits per heavy atom. The third-order valence-electron chi connectivity index (χ3n) is 2.62. The molecule has 3 heteroatoms. The molecule has 1 heterocycles. The summed E-state index contributed by atoms with van der Waals surface area (Å²) < 4.78 is 0. The number of carbonyl (C=O) groups excluding carboxylic acids is 1. The molecule has 3 N–H and O–H groups in total. The highest BCUT2D eigenvalue weighted by Gasteiger charge is 2.23. The first-order chi connectivity index (χ1) is 6.58. The third-order valence-corrected chi connectivity index (χ3v) is 2.62. The van der Waals surface area contributed by atoms with Crippen LogP contribution in [0.15, 0.2) is 12.1 Å². The second-order valence-corrected chi connectivity index (χ2v) is 3.98. The van der Waals surface area contributed by atoms with E-state index in [4.69, 9.17) is 5.73 Å². The molecule has 0 radical (unpaired) electrons. The number of fused-ring (bicyclic) bond motifs is 1. The monoisotopic (exact) mass is 190 g/mol. The van der Waals surface area contributed by atoms with Gasteiger partial charge in [-0.25, -0.2) is 0 Å². The Morgan fingerprint density at radius 1 is 1.50 bits per heavy atom. The SMILES string of the molecule is Cc1cc(N)c2c(c1)CC(C)C(=O)N2. The van der Waals surface area contributed by atoms with Crippen molar-refractivity contribution in [1.82, 2.24) is 0 Å². The smallest absolute Gasteiger partial charge is 0.227 e. The summed E-state index contributed by atoms with van der Waals surface area (Å²) in [5, 5.41) is 2.84. The molecule has 0 bridgehead atoms. The van der Waals surface area contributed by atoms with Gasteiger partial charge in [-0.3, -0.25) is 4.79 Å². The van der Waals surface area contributed by atoms with E-state index in [2.05, 4.69) is 11.4 Å². The van der Waals surface area contributed by atoms with Crippen LogP contribution in [0.25, 0.3) is 0 Å². The largest absolute Gasteiger partial charge is 0.397 e. The van der Waals surface area contributed by atoms with Gasteiger partial charge in [0, 0.05) is 5.92 Å². The van der Waals surface area contributed by atoms with Gasteiger partial charge in [-0.2, -0.15) is 0 Å². The van der Waals surface area contributed by atoms with E-state index in [9.17, 15) is 4.79 Å². The number of nitrogens with two attached hydrogens (primary N) is 1. The summed E-state index contributed by atoms with van der Waals surface area (Å²) in [6.07, 6.45) is 0.785. The normalized spacial score (nSPS) is 20.1. The minimum atomic E-state index is 0.0451. The first-order valence-electron chi connectivity index (χ1n) is 4.78. The summed E-state index contributed by atoms with van der Waals surface area (Å²) in [5.74, 6) is 0.108. The molecule has 14 heavy (non-hydrogen) atoms. The van der Waals surface area contributed by atoms with Crippen molar-refractivity contribution in [3.63, 3.8) is 0 Å². The molecule has 1 aromatic carbocycles. The van der Waals surface area contributed by atoms with Gasteiger partial charge in [-0.1, -0.05) is 13.0 Å². The van der Waals surface area contributed by atoms with Crippen LogP contribution in [0.5, 0.6) is 0 Å². The zero-order valence-corrected chi connectivity index (χ0v) is 8.42. The van der Waals surface area contributed by atoms with Gasteiger partial charge in [0.25, 0.3) is 0 Å². The molecular formula is C11H14N2O. The van der Waals surface area contributed by atoms with E-state index < -0.39 is 0 Å². The van der Waals surface area contributed by atoms with Crippen LogP contribution >= 0.6 is 0 Å². The summed E-state index contributed by atoms with van der Waals surface area (Å²) in [7, 11) is 0. The Morgan fingerprint density at radius 2 is 2.21 bits per heavy atom. The number of benzene rings is 1. The van der Waals surface area contributed by atoms with Crippen molar-refractivity contribution in [1.29, 1.82) is 0 Å². The fourth-order valence-electron chi connectivity index (χ4n) is 1.87. The number of hydrogen-bond donors (Lipinski definition) is 2. The van der Waals surface area contributed by atoms with Gasteiger partial charge in [-0.15, -0.1) is 0 Å². The van der Waals surface area contributed by atoms with Crippen molar-refractivity contribution in [3.8, 4) is 0 Å². The van der Waals surface area contributed by atoms with Crippen LogP contribution < -0.4 is 11.1 Å². The fraction of sp³-hybridized carbons (Fsp3) is 0.364. The summed E-state index contributed by atoms with van der Waals surface area (Å²) in [4.78, 5) is 11.4. The minimum Gasteiger partial charge on any atom is -0.397 e. The molecule has 0 saturated heterocycles. The standard InChI is InChI=1S/C11H14N2O/c1-6-3-8-5-7(2)11(14)13-10(8)9(12)4-6/h3-4,7H,5,12H2,1-2H3,(H,13,14). The second-order valence-electron chi connectivity index (χ2n) is 3.98. The molecule has 0 aromatic heterocycles. The average Bonchev–Trinajstić information content (AvgIpc) is 2.08. The Kier molecular flexibility index (Phi) is 1.95. The molecule has 0 fully saturated rings. The maximum atomic E-state index is 11.4. The lowest BCUT2D eigenvalue weighted by atomic mass is 9.93. The number of nitrogen functional groups attached to an aromatic ring is 1. The maximum Gasteiger partial charge on any atom is 0.227 e. The van der Waals surface area contributed by atoms with Crippen molar-refractivity contribution in [2.24, 2.45) is 5.92 Å². The van der Waals surface area contributed by atoms with Crippen LogP contribution in [0.4, 0.5) is 11.4 Å². The highest BCUT2D eigenvalue weighted by Crippen LogP contribution is 2.31. The summed E-state index contributed by atoms with van der Waals surface area (Å²) >= 11 is 0. The second kappa shape index (κ2) is 3.01. The van der Waals surface area contributed by atoms with Crippen molar-refractivity contribution in [2.75, 3.05) is 11.1 Å². The van der Waals surface area contributed by atoms with Crippen LogP contribution in [0.1, 0.15) is 18.1 Å². The van der Waals surface area contributed by atoms with E-state index >= 15 is 0 Å². The van der Waals surface area contributed by atoms with Crippen LogP contribution in [0, 0.1) is 12.8 Å². The number of amides is 1. The van der Waals surface area contributed by atoms with Crippen molar-refractivity contribution in [2.45, 2.75) is 20.3 Å². The summed E-state index contributed by atoms with van der Waals surface area (Å²) in [5.41, 5.74) is 9.60. The molecule has 74 valence electrons. The van der Waals surface area contributed by atoms with Gasteiger partial charge in [0.2, 0.25) is 5.91 Å². The molecule has 1 amide bonds. The number of hydrogen-bond acceptors (Lipinski definition) is 2. The van der Waals surface area contributed by atoms with E-state index in [1.165, 1.54) is 0 Å². The Hall–Kier alpha value is -1.51. The molecule has 3 nitrogen and oxygen atoms in total. The van der Waals surface area contributed by atoms with Gasteiger partial charge in [-0.05, 0) is 30.5 Å². The first kappa shape index (κ1) is 9.06. The van der Waals surface area contributed by atoms with Crippen LogP contribution in [-0.2, 0) is 11.2 Å². The molecule has 1 aliphatic heterocycles. The highest BCUT2D eigenvalue weighted by atomic mass is 16.1. The number of carbonyl (C=O) groups is 1. The molecule has 2 rings (SSSR count). The molecule has 0 aliphatic carbocycles. The number of anilines is 2. The molecule has 0 spiro atoms. The topological polar surface area (TPSA) is 55.1 Å². The van der Waals surface area contributed by atoms with Crippen LogP contribution in [-0.4, -0.2) is 5.91 Å². The number of aryl methyl sites for hydroxylation is 1. The van der Waals surface area contributed by atoms with E-state index in [1.54, 1.807) is 0 Å². The van der Waals surface area contributed by atoms with Gasteiger partial charge >= 0.3 is 0 Å². The fourth-order valence-corrected chi connectivity index (χ4v) is 1.87. The van der Waals surface area contributed by atoms with Crippen LogP contribution in [0.2, 0.25) is 0 Å². The van der Waals surface area contributed by atoms with Crippen molar-refractivity contribution >= 4 is 17.3 Å². The highest BCUT2D eigenvalue weighted by molar-refractivity contribution is 5.98.